The number of likely N-dealkylation sites (N-methyl/N-ethyl adjacent to an activating group) is 1. The molecule has 3 aromatic heterocycles. The van der Waals surface area contributed by atoms with E-state index in [0.717, 1.165) is 43.8 Å². The molecule has 0 spiro atoms. The molecule has 5 rings (SSSR count). The van der Waals surface area contributed by atoms with Crippen molar-refractivity contribution in [3.63, 3.8) is 0 Å². The number of nitrogens with zero attached hydrogens (tertiary/aromatic N) is 5. The standard InChI is InChI=1S/C26H28F2N6/c1-5-33-9-8-22-17(14-33)6-7-24(31-22)32-25-12-19(21(28)13-29-25)18-10-20(27)26-23(11-18)34(15(2)3)16(4)30-26/h6-7,10-13,15H,5,8-9,14H2,1-4H3,(H,29,31,32). The highest BCUT2D eigenvalue weighted by Gasteiger charge is 2.19. The molecule has 0 atom stereocenters. The molecule has 4 heterocycles. The molecule has 0 saturated carbocycles. The van der Waals surface area contributed by atoms with Gasteiger partial charge >= 0.3 is 0 Å². The summed E-state index contributed by atoms with van der Waals surface area (Å²) in [6.07, 6.45) is 2.05. The highest BCUT2D eigenvalue weighted by molar-refractivity contribution is 5.84. The number of benzene rings is 1. The van der Waals surface area contributed by atoms with E-state index in [0.29, 0.717) is 28.2 Å². The Morgan fingerprint density at radius 3 is 2.65 bits per heavy atom. The topological polar surface area (TPSA) is 58.9 Å². The molecule has 1 aliphatic rings. The number of hydrogen-bond acceptors (Lipinski definition) is 5. The lowest BCUT2D eigenvalue weighted by atomic mass is 10.0. The van der Waals surface area contributed by atoms with Gasteiger partial charge in [-0.05, 0) is 62.7 Å². The Balaban J connectivity index is 1.49. The molecule has 1 aromatic carbocycles. The minimum absolute atomic E-state index is 0.0960. The number of imidazole rings is 1. The number of aryl methyl sites for hydroxylation is 1. The fraction of sp³-hybridized carbons (Fsp3) is 0.346. The maximum Gasteiger partial charge on any atom is 0.151 e. The lowest BCUT2D eigenvalue weighted by Gasteiger charge is -2.27. The van der Waals surface area contributed by atoms with Gasteiger partial charge in [-0.15, -0.1) is 0 Å². The molecular weight excluding hydrogens is 434 g/mol. The molecule has 0 bridgehead atoms. The fourth-order valence-electron chi connectivity index (χ4n) is 4.75. The Morgan fingerprint density at radius 2 is 1.88 bits per heavy atom. The maximum absolute atomic E-state index is 14.9. The molecule has 0 fully saturated rings. The van der Waals surface area contributed by atoms with Crippen molar-refractivity contribution in [2.45, 2.75) is 46.7 Å². The Bertz CT molecular complexity index is 1380. The third kappa shape index (κ3) is 4.03. The van der Waals surface area contributed by atoms with Crippen molar-refractivity contribution in [2.24, 2.45) is 0 Å². The van der Waals surface area contributed by atoms with Crippen LogP contribution in [-0.2, 0) is 13.0 Å². The highest BCUT2D eigenvalue weighted by Crippen LogP contribution is 2.32. The van der Waals surface area contributed by atoms with Crippen LogP contribution in [0.15, 0.2) is 36.5 Å². The molecule has 0 aliphatic carbocycles. The zero-order valence-electron chi connectivity index (χ0n) is 19.9. The molecule has 1 N–H and O–H groups in total. The van der Waals surface area contributed by atoms with Crippen LogP contribution in [-0.4, -0.2) is 37.5 Å². The molecule has 1 aliphatic heterocycles. The van der Waals surface area contributed by atoms with Gasteiger partial charge in [0.1, 0.15) is 28.8 Å². The van der Waals surface area contributed by atoms with Crippen LogP contribution < -0.4 is 5.32 Å². The van der Waals surface area contributed by atoms with Crippen molar-refractivity contribution >= 4 is 22.7 Å². The van der Waals surface area contributed by atoms with E-state index in [2.05, 4.69) is 33.2 Å². The van der Waals surface area contributed by atoms with Crippen LogP contribution in [0.3, 0.4) is 0 Å². The van der Waals surface area contributed by atoms with E-state index in [1.807, 2.05) is 31.4 Å². The lowest BCUT2D eigenvalue weighted by molar-refractivity contribution is 0.266. The first-order valence-electron chi connectivity index (χ1n) is 11.7. The van der Waals surface area contributed by atoms with E-state index < -0.39 is 11.6 Å². The van der Waals surface area contributed by atoms with Gasteiger partial charge in [0.2, 0.25) is 0 Å². The van der Waals surface area contributed by atoms with Crippen LogP contribution in [0.2, 0.25) is 0 Å². The summed E-state index contributed by atoms with van der Waals surface area (Å²) in [6, 6.07) is 8.81. The van der Waals surface area contributed by atoms with Crippen LogP contribution in [0, 0.1) is 18.6 Å². The lowest BCUT2D eigenvalue weighted by Crippen LogP contribution is -2.30. The summed E-state index contributed by atoms with van der Waals surface area (Å²) >= 11 is 0. The summed E-state index contributed by atoms with van der Waals surface area (Å²) in [7, 11) is 0. The molecule has 34 heavy (non-hydrogen) atoms. The summed E-state index contributed by atoms with van der Waals surface area (Å²) in [6.45, 7) is 10.9. The Morgan fingerprint density at radius 1 is 1.06 bits per heavy atom. The first-order chi connectivity index (χ1) is 16.3. The minimum atomic E-state index is -0.519. The van der Waals surface area contributed by atoms with Gasteiger partial charge in [-0.3, -0.25) is 4.90 Å². The normalized spacial score (nSPS) is 14.1. The van der Waals surface area contributed by atoms with Crippen LogP contribution in [0.4, 0.5) is 20.4 Å². The monoisotopic (exact) mass is 462 g/mol. The van der Waals surface area contributed by atoms with E-state index in [4.69, 9.17) is 4.98 Å². The zero-order valence-corrected chi connectivity index (χ0v) is 19.9. The molecule has 8 heteroatoms. The smallest absolute Gasteiger partial charge is 0.151 e. The summed E-state index contributed by atoms with van der Waals surface area (Å²) in [5.41, 5.74) is 3.94. The molecule has 6 nitrogen and oxygen atoms in total. The second-order valence-corrected chi connectivity index (χ2v) is 9.04. The van der Waals surface area contributed by atoms with Crippen molar-refractivity contribution < 1.29 is 8.78 Å². The van der Waals surface area contributed by atoms with Gasteiger partial charge in [0.05, 0.1) is 11.7 Å². The average molecular weight is 463 g/mol. The quantitative estimate of drug-likeness (QED) is 0.407. The summed E-state index contributed by atoms with van der Waals surface area (Å²) in [5.74, 6) is 0.833. The Kier molecular flexibility index (Phi) is 5.77. The first kappa shape index (κ1) is 22.4. The van der Waals surface area contributed by atoms with Crippen molar-refractivity contribution in [3.05, 3.63) is 65.2 Å². The number of hydrogen-bond donors (Lipinski definition) is 1. The van der Waals surface area contributed by atoms with E-state index in [-0.39, 0.29) is 11.6 Å². The number of halogens is 2. The predicted molar refractivity (Wildman–Crippen MR) is 130 cm³/mol. The minimum Gasteiger partial charge on any atom is -0.326 e. The second-order valence-electron chi connectivity index (χ2n) is 9.04. The molecule has 4 aromatic rings. The molecular formula is C26H28F2N6. The van der Waals surface area contributed by atoms with Gasteiger partial charge in [0, 0.05) is 36.8 Å². The van der Waals surface area contributed by atoms with Crippen molar-refractivity contribution in [2.75, 3.05) is 18.4 Å². The molecule has 0 unspecified atom stereocenters. The van der Waals surface area contributed by atoms with Gasteiger partial charge in [-0.25, -0.2) is 23.7 Å². The van der Waals surface area contributed by atoms with Crippen molar-refractivity contribution in [1.82, 2.24) is 24.4 Å². The number of aromatic nitrogens is 4. The van der Waals surface area contributed by atoms with E-state index >= 15 is 0 Å². The van der Waals surface area contributed by atoms with Crippen LogP contribution in [0.25, 0.3) is 22.2 Å². The van der Waals surface area contributed by atoms with Gasteiger partial charge in [-0.2, -0.15) is 0 Å². The maximum atomic E-state index is 14.9. The van der Waals surface area contributed by atoms with Crippen LogP contribution in [0.5, 0.6) is 0 Å². The highest BCUT2D eigenvalue weighted by atomic mass is 19.1. The fourth-order valence-corrected chi connectivity index (χ4v) is 4.75. The van der Waals surface area contributed by atoms with E-state index in [9.17, 15) is 8.78 Å². The second kappa shape index (κ2) is 8.76. The number of pyridine rings is 2. The zero-order chi connectivity index (χ0) is 24.0. The van der Waals surface area contributed by atoms with Crippen LogP contribution in [0.1, 0.15) is 43.9 Å². The number of fused-ring (bicyclic) bond motifs is 2. The molecule has 0 saturated heterocycles. The third-order valence-corrected chi connectivity index (χ3v) is 6.44. The summed E-state index contributed by atoms with van der Waals surface area (Å²) in [4.78, 5) is 15.7. The first-order valence-corrected chi connectivity index (χ1v) is 11.7. The van der Waals surface area contributed by atoms with Gasteiger partial charge in [0.25, 0.3) is 0 Å². The van der Waals surface area contributed by atoms with Crippen molar-refractivity contribution in [3.8, 4) is 11.1 Å². The molecule has 0 amide bonds. The SMILES string of the molecule is CCN1CCc2nc(Nc3cc(-c4cc(F)c5nc(C)n(C(C)C)c5c4)c(F)cn3)ccc2C1. The Labute approximate surface area is 197 Å². The Hall–Kier alpha value is -3.39. The number of rotatable bonds is 5. The third-order valence-electron chi connectivity index (χ3n) is 6.44. The van der Waals surface area contributed by atoms with E-state index in [1.165, 1.54) is 11.6 Å². The average Bonchev–Trinajstić information content (AvgIpc) is 3.16. The largest absolute Gasteiger partial charge is 0.326 e. The van der Waals surface area contributed by atoms with Gasteiger partial charge in [0.15, 0.2) is 5.82 Å². The number of anilines is 2. The van der Waals surface area contributed by atoms with Gasteiger partial charge < -0.3 is 9.88 Å². The van der Waals surface area contributed by atoms with E-state index in [1.54, 1.807) is 12.1 Å². The van der Waals surface area contributed by atoms with Crippen molar-refractivity contribution in [1.29, 1.82) is 0 Å². The molecule has 176 valence electrons. The molecule has 0 radical (unpaired) electrons. The number of nitrogens with one attached hydrogen (secondary N) is 1. The predicted octanol–water partition coefficient (Wildman–Crippen LogP) is 5.78. The summed E-state index contributed by atoms with van der Waals surface area (Å²) < 4.78 is 31.7. The van der Waals surface area contributed by atoms with Crippen LogP contribution >= 0.6 is 0 Å². The summed E-state index contributed by atoms with van der Waals surface area (Å²) in [5, 5.41) is 3.19. The van der Waals surface area contributed by atoms with Gasteiger partial charge in [-0.1, -0.05) is 13.0 Å².